The molecule has 38 heavy (non-hydrogen) atoms. The molecular formula is C32H64N6. The molecule has 5 saturated heterocycles. The van der Waals surface area contributed by atoms with Crippen molar-refractivity contribution in [1.29, 1.82) is 0 Å². The average molecular weight is 533 g/mol. The van der Waals surface area contributed by atoms with Gasteiger partial charge in [-0.15, -0.1) is 0 Å². The van der Waals surface area contributed by atoms with Gasteiger partial charge in [-0.2, -0.15) is 0 Å². The molecule has 0 aromatic carbocycles. The predicted octanol–water partition coefficient (Wildman–Crippen LogP) is 4.02. The van der Waals surface area contributed by atoms with Crippen molar-refractivity contribution in [3.05, 3.63) is 0 Å². The number of piperidine rings is 2. The third kappa shape index (κ3) is 7.33. The smallest absolute Gasteiger partial charge is 0.0212 e. The first-order chi connectivity index (χ1) is 18.0. The second kappa shape index (κ2) is 13.2. The maximum absolute atomic E-state index is 2.79. The molecule has 2 atom stereocenters. The van der Waals surface area contributed by atoms with Crippen LogP contribution >= 0.6 is 0 Å². The van der Waals surface area contributed by atoms with Crippen LogP contribution in [0.1, 0.15) is 81.6 Å². The summed E-state index contributed by atoms with van der Waals surface area (Å²) in [7, 11) is 0. The molecule has 1 spiro atoms. The topological polar surface area (TPSA) is 19.4 Å². The Morgan fingerprint density at radius 3 is 1.45 bits per heavy atom. The molecule has 5 aliphatic rings. The maximum Gasteiger partial charge on any atom is 0.0212 e. The number of nitrogens with zero attached hydrogens (tertiary/aromatic N) is 6. The van der Waals surface area contributed by atoms with E-state index in [4.69, 9.17) is 0 Å². The van der Waals surface area contributed by atoms with E-state index in [2.05, 4.69) is 91.7 Å². The summed E-state index contributed by atoms with van der Waals surface area (Å²) in [6, 6.07) is 4.60. The zero-order valence-electron chi connectivity index (χ0n) is 26.8. The van der Waals surface area contributed by atoms with E-state index >= 15 is 0 Å². The molecule has 0 aliphatic carbocycles. The lowest BCUT2D eigenvalue weighted by molar-refractivity contribution is -0.152. The molecule has 5 heterocycles. The molecular weight excluding hydrogens is 468 g/mol. The van der Waals surface area contributed by atoms with Gasteiger partial charge < -0.3 is 9.80 Å². The molecule has 0 saturated carbocycles. The van der Waals surface area contributed by atoms with Gasteiger partial charge in [0.1, 0.15) is 0 Å². The SMILES string of the molecule is CC(C)N1CCC(N2CCN(C(C)C)CC2)CC1.CC1CN(C(C)C)CCC1N1CC2(CN(C(C)C)C2)C1. The minimum Gasteiger partial charge on any atom is -0.301 e. The highest BCUT2D eigenvalue weighted by atomic mass is 15.3. The molecule has 5 aliphatic heterocycles. The fourth-order valence-corrected chi connectivity index (χ4v) is 7.99. The second-order valence-electron chi connectivity index (χ2n) is 14.9. The highest BCUT2D eigenvalue weighted by molar-refractivity contribution is 5.08. The highest BCUT2D eigenvalue weighted by Gasteiger charge is 2.54. The van der Waals surface area contributed by atoms with Crippen LogP contribution in [0.2, 0.25) is 0 Å². The van der Waals surface area contributed by atoms with E-state index < -0.39 is 0 Å². The lowest BCUT2D eigenvalue weighted by Crippen LogP contribution is -2.75. The van der Waals surface area contributed by atoms with Crippen molar-refractivity contribution in [3.63, 3.8) is 0 Å². The second-order valence-corrected chi connectivity index (χ2v) is 14.9. The number of likely N-dealkylation sites (tertiary alicyclic amines) is 4. The molecule has 5 fully saturated rings. The number of hydrogen-bond donors (Lipinski definition) is 0. The molecule has 0 radical (unpaired) electrons. The van der Waals surface area contributed by atoms with E-state index in [1.54, 1.807) is 0 Å². The van der Waals surface area contributed by atoms with Crippen LogP contribution in [-0.4, -0.2) is 144 Å². The van der Waals surface area contributed by atoms with Crippen molar-refractivity contribution >= 4 is 0 Å². The van der Waals surface area contributed by atoms with Gasteiger partial charge in [0.15, 0.2) is 0 Å². The fraction of sp³-hybridized carbons (Fsp3) is 1.00. The molecule has 0 bridgehead atoms. The molecule has 6 nitrogen and oxygen atoms in total. The number of hydrogen-bond acceptors (Lipinski definition) is 6. The summed E-state index contributed by atoms with van der Waals surface area (Å²) in [6.45, 7) is 36.8. The summed E-state index contributed by atoms with van der Waals surface area (Å²) in [4.78, 5) is 16.1. The number of piperazine rings is 1. The Balaban J connectivity index is 0.000000178. The van der Waals surface area contributed by atoms with Crippen molar-refractivity contribution < 1.29 is 0 Å². The summed E-state index contributed by atoms with van der Waals surface area (Å²) in [5, 5.41) is 0. The molecule has 222 valence electrons. The van der Waals surface area contributed by atoms with Crippen molar-refractivity contribution in [2.45, 2.75) is 118 Å². The summed E-state index contributed by atoms with van der Waals surface area (Å²) in [5.74, 6) is 0.838. The first-order valence-corrected chi connectivity index (χ1v) is 16.4. The van der Waals surface area contributed by atoms with Crippen molar-refractivity contribution in [1.82, 2.24) is 29.4 Å². The highest BCUT2D eigenvalue weighted by Crippen LogP contribution is 2.43. The van der Waals surface area contributed by atoms with Gasteiger partial charge in [-0.3, -0.25) is 19.6 Å². The lowest BCUT2D eigenvalue weighted by atomic mass is 9.70. The van der Waals surface area contributed by atoms with Gasteiger partial charge in [-0.05, 0) is 100 Å². The third-order valence-electron chi connectivity index (χ3n) is 10.8. The predicted molar refractivity (Wildman–Crippen MR) is 163 cm³/mol. The van der Waals surface area contributed by atoms with E-state index in [0.29, 0.717) is 11.5 Å². The molecule has 0 N–H and O–H groups in total. The maximum atomic E-state index is 2.79. The van der Waals surface area contributed by atoms with Gasteiger partial charge in [0.25, 0.3) is 0 Å². The van der Waals surface area contributed by atoms with Crippen LogP contribution in [0.4, 0.5) is 0 Å². The fourth-order valence-electron chi connectivity index (χ4n) is 7.99. The Bertz CT molecular complexity index is 667. The van der Waals surface area contributed by atoms with Gasteiger partial charge in [0, 0.05) is 101 Å². The van der Waals surface area contributed by atoms with Crippen molar-refractivity contribution in [3.8, 4) is 0 Å². The Morgan fingerprint density at radius 1 is 0.500 bits per heavy atom. The van der Waals surface area contributed by atoms with Crippen molar-refractivity contribution in [2.75, 3.05) is 78.5 Å². The minimum atomic E-state index is 0.680. The van der Waals surface area contributed by atoms with Gasteiger partial charge >= 0.3 is 0 Å². The summed E-state index contributed by atoms with van der Waals surface area (Å²) >= 11 is 0. The zero-order chi connectivity index (χ0) is 27.6. The van der Waals surface area contributed by atoms with E-state index in [0.717, 1.165) is 36.1 Å². The van der Waals surface area contributed by atoms with Crippen LogP contribution in [0, 0.1) is 11.3 Å². The number of rotatable bonds is 6. The average Bonchev–Trinajstić information content (AvgIpc) is 2.83. The van der Waals surface area contributed by atoms with E-state index in [9.17, 15) is 0 Å². The van der Waals surface area contributed by atoms with Gasteiger partial charge in [0.2, 0.25) is 0 Å². The van der Waals surface area contributed by atoms with Crippen LogP contribution in [0.15, 0.2) is 0 Å². The molecule has 0 aromatic heterocycles. The first kappa shape index (κ1) is 30.7. The van der Waals surface area contributed by atoms with E-state index in [1.165, 1.54) is 97.8 Å². The summed E-state index contributed by atoms with van der Waals surface area (Å²) < 4.78 is 0. The third-order valence-corrected chi connectivity index (χ3v) is 10.8. The Labute approximate surface area is 237 Å². The molecule has 5 rings (SSSR count). The van der Waals surface area contributed by atoms with Crippen LogP contribution in [-0.2, 0) is 0 Å². The first-order valence-electron chi connectivity index (χ1n) is 16.4. The Hall–Kier alpha value is -0.240. The largest absolute Gasteiger partial charge is 0.301 e. The Morgan fingerprint density at radius 2 is 0.974 bits per heavy atom. The Kier molecular flexibility index (Phi) is 10.6. The zero-order valence-corrected chi connectivity index (χ0v) is 26.8. The normalized spacial score (nSPS) is 31.2. The lowest BCUT2D eigenvalue weighted by Gasteiger charge is -2.64. The van der Waals surface area contributed by atoms with Crippen LogP contribution in [0.3, 0.4) is 0 Å². The van der Waals surface area contributed by atoms with Gasteiger partial charge in [-0.25, -0.2) is 0 Å². The standard InChI is InChI=1S/C17H33N3.C15H31N3/c1-13(2)18-7-6-16(15(5)8-18)20-11-17(12-20)9-19(10-17)14(3)4;1-13(2)16-7-5-15(6-8-16)18-11-9-17(10-12-18)14(3)4/h13-16H,6-12H2,1-5H3;13-15H,5-12H2,1-4H3. The van der Waals surface area contributed by atoms with E-state index in [1.807, 2.05) is 0 Å². The molecule has 0 amide bonds. The summed E-state index contributed by atoms with van der Waals surface area (Å²) in [6.07, 6.45) is 4.13. The summed E-state index contributed by atoms with van der Waals surface area (Å²) in [5.41, 5.74) is 0.680. The van der Waals surface area contributed by atoms with Crippen LogP contribution in [0.5, 0.6) is 0 Å². The molecule has 0 aromatic rings. The minimum absolute atomic E-state index is 0.680. The van der Waals surface area contributed by atoms with Gasteiger partial charge in [-0.1, -0.05) is 6.92 Å². The van der Waals surface area contributed by atoms with Crippen LogP contribution in [0.25, 0.3) is 0 Å². The van der Waals surface area contributed by atoms with Gasteiger partial charge in [0.05, 0.1) is 0 Å². The van der Waals surface area contributed by atoms with Crippen molar-refractivity contribution in [2.24, 2.45) is 11.3 Å². The van der Waals surface area contributed by atoms with Crippen LogP contribution < -0.4 is 0 Å². The molecule has 2 unspecified atom stereocenters. The monoisotopic (exact) mass is 533 g/mol. The molecule has 6 heteroatoms. The van der Waals surface area contributed by atoms with E-state index in [-0.39, 0.29) is 0 Å². The quantitative estimate of drug-likeness (QED) is 0.511.